The van der Waals surface area contributed by atoms with E-state index in [0.29, 0.717) is 5.92 Å². The number of benzene rings is 1. The summed E-state index contributed by atoms with van der Waals surface area (Å²) in [5, 5.41) is 5.61. The van der Waals surface area contributed by atoms with Crippen LogP contribution in [0, 0.1) is 0 Å². The maximum atomic E-state index is 5.30. The van der Waals surface area contributed by atoms with Gasteiger partial charge in [-0.3, -0.25) is 4.68 Å². The van der Waals surface area contributed by atoms with E-state index in [-0.39, 0.29) is 0 Å². The number of rotatable bonds is 2. The highest BCUT2D eigenvalue weighted by molar-refractivity contribution is 5.87. The van der Waals surface area contributed by atoms with Crippen molar-refractivity contribution in [3.05, 3.63) is 23.9 Å². The van der Waals surface area contributed by atoms with Crippen LogP contribution in [0.4, 0.5) is 0 Å². The molecule has 0 aliphatic carbocycles. The van der Waals surface area contributed by atoms with E-state index in [0.717, 1.165) is 11.3 Å². The third-order valence-corrected chi connectivity index (χ3v) is 2.63. The predicted octanol–water partition coefficient (Wildman–Crippen LogP) is 2.71. The zero-order valence-electron chi connectivity index (χ0n) is 9.61. The third-order valence-electron chi connectivity index (χ3n) is 2.63. The lowest BCUT2D eigenvalue weighted by Gasteiger charge is -2.08. The van der Waals surface area contributed by atoms with E-state index in [4.69, 9.17) is 4.74 Å². The zero-order chi connectivity index (χ0) is 11.0. The largest absolute Gasteiger partial charge is 0.494 e. The van der Waals surface area contributed by atoms with Crippen molar-refractivity contribution in [3.8, 4) is 5.75 Å². The first-order valence-corrected chi connectivity index (χ1v) is 5.13. The minimum Gasteiger partial charge on any atom is -0.494 e. The van der Waals surface area contributed by atoms with Gasteiger partial charge in [0.25, 0.3) is 0 Å². The molecule has 15 heavy (non-hydrogen) atoms. The van der Waals surface area contributed by atoms with E-state index in [1.165, 1.54) is 10.9 Å². The third kappa shape index (κ3) is 1.58. The summed E-state index contributed by atoms with van der Waals surface area (Å²) in [4.78, 5) is 0. The van der Waals surface area contributed by atoms with Crippen LogP contribution in [-0.4, -0.2) is 16.9 Å². The van der Waals surface area contributed by atoms with E-state index in [1.54, 1.807) is 7.11 Å². The van der Waals surface area contributed by atoms with Crippen molar-refractivity contribution < 1.29 is 4.74 Å². The Kier molecular flexibility index (Phi) is 2.39. The fourth-order valence-electron chi connectivity index (χ4n) is 1.88. The summed E-state index contributed by atoms with van der Waals surface area (Å²) in [6, 6.07) is 4.11. The van der Waals surface area contributed by atoms with Crippen LogP contribution in [0.1, 0.15) is 25.3 Å². The fraction of sp³-hybridized carbons (Fsp3) is 0.417. The maximum absolute atomic E-state index is 5.30. The molecule has 0 aliphatic rings. The first kappa shape index (κ1) is 10.0. The molecule has 2 rings (SSSR count). The van der Waals surface area contributed by atoms with E-state index >= 15 is 0 Å². The second kappa shape index (κ2) is 3.57. The number of methoxy groups -OCH3 is 1. The lowest BCUT2D eigenvalue weighted by molar-refractivity contribution is 0.418. The smallest absolute Gasteiger partial charge is 0.146 e. The van der Waals surface area contributed by atoms with Crippen LogP contribution >= 0.6 is 0 Å². The highest BCUT2D eigenvalue weighted by atomic mass is 16.5. The number of aryl methyl sites for hydroxylation is 1. The van der Waals surface area contributed by atoms with Crippen LogP contribution in [0.3, 0.4) is 0 Å². The van der Waals surface area contributed by atoms with Crippen molar-refractivity contribution in [2.24, 2.45) is 7.05 Å². The molecule has 0 fully saturated rings. The molecule has 80 valence electrons. The first-order valence-electron chi connectivity index (χ1n) is 5.13. The van der Waals surface area contributed by atoms with Gasteiger partial charge in [0.1, 0.15) is 11.3 Å². The monoisotopic (exact) mass is 204 g/mol. The van der Waals surface area contributed by atoms with Crippen molar-refractivity contribution in [1.82, 2.24) is 9.78 Å². The summed E-state index contributed by atoms with van der Waals surface area (Å²) in [7, 11) is 3.61. The Hall–Kier alpha value is -1.51. The van der Waals surface area contributed by atoms with Crippen molar-refractivity contribution in [2.75, 3.05) is 7.11 Å². The number of hydrogen-bond acceptors (Lipinski definition) is 2. The number of aromatic nitrogens is 2. The van der Waals surface area contributed by atoms with Crippen LogP contribution in [0.5, 0.6) is 5.75 Å². The molecule has 1 aromatic heterocycles. The molecule has 0 unspecified atom stereocenters. The van der Waals surface area contributed by atoms with Crippen molar-refractivity contribution >= 4 is 10.9 Å². The minimum absolute atomic E-state index is 0.502. The summed E-state index contributed by atoms with van der Waals surface area (Å²) >= 11 is 0. The highest BCUT2D eigenvalue weighted by Crippen LogP contribution is 2.30. The molecular weight excluding hydrogens is 188 g/mol. The summed E-state index contributed by atoms with van der Waals surface area (Å²) < 4.78 is 7.13. The zero-order valence-corrected chi connectivity index (χ0v) is 9.61. The second-order valence-electron chi connectivity index (χ2n) is 4.08. The van der Waals surface area contributed by atoms with Crippen LogP contribution in [0.2, 0.25) is 0 Å². The molecule has 1 aromatic carbocycles. The molecule has 0 saturated carbocycles. The lowest BCUT2D eigenvalue weighted by Crippen LogP contribution is -1.91. The van der Waals surface area contributed by atoms with Crippen LogP contribution < -0.4 is 4.74 Å². The molecule has 0 saturated heterocycles. The lowest BCUT2D eigenvalue weighted by atomic mass is 9.99. The summed E-state index contributed by atoms with van der Waals surface area (Å²) in [6.07, 6.45) is 2.05. The van der Waals surface area contributed by atoms with E-state index in [9.17, 15) is 0 Å². The quantitative estimate of drug-likeness (QED) is 0.752. The average Bonchev–Trinajstić information content (AvgIpc) is 2.56. The topological polar surface area (TPSA) is 27.1 Å². The highest BCUT2D eigenvalue weighted by Gasteiger charge is 2.11. The van der Waals surface area contributed by atoms with Gasteiger partial charge >= 0.3 is 0 Å². The Balaban J connectivity index is 2.76. The first-order chi connectivity index (χ1) is 7.13. The molecule has 0 N–H and O–H groups in total. The Labute approximate surface area is 89.7 Å². The van der Waals surface area contributed by atoms with Crippen molar-refractivity contribution in [3.63, 3.8) is 0 Å². The molecule has 3 nitrogen and oxygen atoms in total. The van der Waals surface area contributed by atoms with Gasteiger partial charge in [0.15, 0.2) is 0 Å². The van der Waals surface area contributed by atoms with Gasteiger partial charge in [-0.15, -0.1) is 0 Å². The van der Waals surface area contributed by atoms with Gasteiger partial charge in [-0.05, 0) is 17.5 Å². The van der Waals surface area contributed by atoms with E-state index < -0.39 is 0 Å². The summed E-state index contributed by atoms with van der Waals surface area (Å²) in [5.41, 5.74) is 2.27. The second-order valence-corrected chi connectivity index (χ2v) is 4.08. The standard InChI is InChI=1S/C12H16N2O/c1-8(2)9-5-6-11(15-4)12-10(9)7-14(3)13-12/h5-8H,1-4H3. The Morgan fingerprint density at radius 3 is 2.67 bits per heavy atom. The van der Waals surface area contributed by atoms with Gasteiger partial charge in [-0.2, -0.15) is 5.10 Å². The Morgan fingerprint density at radius 2 is 2.07 bits per heavy atom. The van der Waals surface area contributed by atoms with Gasteiger partial charge in [0.05, 0.1) is 7.11 Å². The fourth-order valence-corrected chi connectivity index (χ4v) is 1.88. The predicted molar refractivity (Wildman–Crippen MR) is 61.4 cm³/mol. The van der Waals surface area contributed by atoms with Gasteiger partial charge in [-0.25, -0.2) is 0 Å². The molecule has 0 bridgehead atoms. The normalized spacial score (nSPS) is 11.3. The van der Waals surface area contributed by atoms with Gasteiger partial charge in [0, 0.05) is 18.6 Å². The van der Waals surface area contributed by atoms with Crippen LogP contribution in [0.15, 0.2) is 18.3 Å². The van der Waals surface area contributed by atoms with E-state index in [1.807, 2.05) is 24.0 Å². The maximum Gasteiger partial charge on any atom is 0.146 e. The molecule has 0 aliphatic heterocycles. The molecule has 2 aromatic rings. The average molecular weight is 204 g/mol. The SMILES string of the molecule is COc1ccc(C(C)C)c2cn(C)nc12. The van der Waals surface area contributed by atoms with Crippen LogP contribution in [-0.2, 0) is 7.05 Å². The number of nitrogens with zero attached hydrogens (tertiary/aromatic N) is 2. The molecule has 0 radical (unpaired) electrons. The molecule has 0 spiro atoms. The molecule has 0 atom stereocenters. The van der Waals surface area contributed by atoms with Crippen molar-refractivity contribution in [1.29, 1.82) is 0 Å². The molecule has 1 heterocycles. The summed E-state index contributed by atoms with van der Waals surface area (Å²) in [5.74, 6) is 1.35. The minimum atomic E-state index is 0.502. The van der Waals surface area contributed by atoms with Gasteiger partial charge in [0.2, 0.25) is 0 Å². The van der Waals surface area contributed by atoms with Gasteiger partial charge in [-0.1, -0.05) is 19.9 Å². The number of ether oxygens (including phenoxy) is 1. The Bertz CT molecular complexity index is 486. The van der Waals surface area contributed by atoms with E-state index in [2.05, 4.69) is 25.0 Å². The van der Waals surface area contributed by atoms with Crippen LogP contribution in [0.25, 0.3) is 10.9 Å². The Morgan fingerprint density at radius 1 is 1.33 bits per heavy atom. The molecule has 0 amide bonds. The van der Waals surface area contributed by atoms with Gasteiger partial charge < -0.3 is 4.74 Å². The molecule has 3 heteroatoms. The van der Waals surface area contributed by atoms with Crippen molar-refractivity contribution in [2.45, 2.75) is 19.8 Å². The number of fused-ring (bicyclic) bond motifs is 1. The molecular formula is C12H16N2O. The summed E-state index contributed by atoms with van der Waals surface area (Å²) in [6.45, 7) is 4.38. The number of hydrogen-bond donors (Lipinski definition) is 0.